The Bertz CT molecular complexity index is 126. The molecule has 0 aliphatic heterocycles. The SMILES string of the molecule is CCCNC(CC(C)N)N(C)CCC. The van der Waals surface area contributed by atoms with Crippen LogP contribution in [0.1, 0.15) is 40.0 Å². The van der Waals surface area contributed by atoms with Gasteiger partial charge in [0.1, 0.15) is 0 Å². The normalized spacial score (nSPS) is 15.9. The molecule has 3 heteroatoms. The van der Waals surface area contributed by atoms with Crippen LogP contribution in [0, 0.1) is 0 Å². The highest BCUT2D eigenvalue weighted by Crippen LogP contribution is 2.02. The first kappa shape index (κ1) is 13.9. The van der Waals surface area contributed by atoms with Crippen LogP contribution in [0.25, 0.3) is 0 Å². The van der Waals surface area contributed by atoms with E-state index in [1.54, 1.807) is 0 Å². The van der Waals surface area contributed by atoms with E-state index in [0.29, 0.717) is 6.17 Å². The molecule has 0 saturated heterocycles. The smallest absolute Gasteiger partial charge is 0.0609 e. The molecule has 2 unspecified atom stereocenters. The predicted octanol–water partition coefficient (Wildman–Crippen LogP) is 1.39. The molecule has 0 bridgehead atoms. The second-order valence-electron chi connectivity index (χ2n) is 4.16. The van der Waals surface area contributed by atoms with Crippen LogP contribution >= 0.6 is 0 Å². The zero-order valence-corrected chi connectivity index (χ0v) is 10.2. The van der Waals surface area contributed by atoms with Crippen molar-refractivity contribution in [2.75, 3.05) is 20.1 Å². The highest BCUT2D eigenvalue weighted by molar-refractivity contribution is 4.70. The van der Waals surface area contributed by atoms with E-state index in [9.17, 15) is 0 Å². The van der Waals surface area contributed by atoms with Crippen molar-refractivity contribution < 1.29 is 0 Å². The van der Waals surface area contributed by atoms with Gasteiger partial charge in [-0.3, -0.25) is 4.90 Å². The summed E-state index contributed by atoms with van der Waals surface area (Å²) in [5, 5.41) is 3.53. The summed E-state index contributed by atoms with van der Waals surface area (Å²) >= 11 is 0. The summed E-state index contributed by atoms with van der Waals surface area (Å²) in [5.74, 6) is 0. The van der Waals surface area contributed by atoms with Crippen molar-refractivity contribution in [3.8, 4) is 0 Å². The van der Waals surface area contributed by atoms with Gasteiger partial charge in [-0.15, -0.1) is 0 Å². The van der Waals surface area contributed by atoms with E-state index in [0.717, 1.165) is 19.5 Å². The molecule has 3 N–H and O–H groups in total. The molecule has 3 nitrogen and oxygen atoms in total. The molecular formula is C11H27N3. The Hall–Kier alpha value is -0.120. The van der Waals surface area contributed by atoms with Gasteiger partial charge >= 0.3 is 0 Å². The Morgan fingerprint density at radius 3 is 2.36 bits per heavy atom. The van der Waals surface area contributed by atoms with Crippen LogP contribution in [-0.2, 0) is 0 Å². The van der Waals surface area contributed by atoms with Crippen molar-refractivity contribution in [2.24, 2.45) is 5.73 Å². The topological polar surface area (TPSA) is 41.3 Å². The number of hydrogen-bond acceptors (Lipinski definition) is 3. The fraction of sp³-hybridized carbons (Fsp3) is 1.00. The molecule has 0 saturated carbocycles. The molecule has 0 amide bonds. The van der Waals surface area contributed by atoms with Crippen LogP contribution in [0.15, 0.2) is 0 Å². The molecule has 0 aliphatic carbocycles. The summed E-state index contributed by atoms with van der Waals surface area (Å²) in [4.78, 5) is 2.36. The lowest BCUT2D eigenvalue weighted by Crippen LogP contribution is -2.47. The second kappa shape index (κ2) is 8.21. The van der Waals surface area contributed by atoms with Crippen LogP contribution in [0.5, 0.6) is 0 Å². The molecule has 14 heavy (non-hydrogen) atoms. The number of hydrogen-bond donors (Lipinski definition) is 2. The van der Waals surface area contributed by atoms with Crippen molar-refractivity contribution >= 4 is 0 Å². The van der Waals surface area contributed by atoms with Crippen LogP contribution in [-0.4, -0.2) is 37.2 Å². The Morgan fingerprint density at radius 1 is 1.29 bits per heavy atom. The van der Waals surface area contributed by atoms with E-state index in [2.05, 4.69) is 38.0 Å². The number of nitrogens with zero attached hydrogens (tertiary/aromatic N) is 1. The van der Waals surface area contributed by atoms with E-state index < -0.39 is 0 Å². The Kier molecular flexibility index (Phi) is 8.14. The summed E-state index contributed by atoms with van der Waals surface area (Å²) in [6.45, 7) is 8.68. The van der Waals surface area contributed by atoms with Gasteiger partial charge in [-0.05, 0) is 46.3 Å². The molecule has 0 fully saturated rings. The van der Waals surface area contributed by atoms with E-state index in [4.69, 9.17) is 5.73 Å². The van der Waals surface area contributed by atoms with E-state index in [1.807, 2.05) is 0 Å². The van der Waals surface area contributed by atoms with Gasteiger partial charge in [-0.1, -0.05) is 13.8 Å². The van der Waals surface area contributed by atoms with Gasteiger partial charge in [-0.25, -0.2) is 0 Å². The molecule has 0 spiro atoms. The third-order valence-electron chi connectivity index (χ3n) is 2.33. The predicted molar refractivity (Wildman–Crippen MR) is 63.3 cm³/mol. The summed E-state index contributed by atoms with van der Waals surface area (Å²) < 4.78 is 0. The number of nitrogens with one attached hydrogen (secondary N) is 1. The van der Waals surface area contributed by atoms with E-state index >= 15 is 0 Å². The monoisotopic (exact) mass is 201 g/mol. The maximum absolute atomic E-state index is 5.83. The molecule has 0 radical (unpaired) electrons. The van der Waals surface area contributed by atoms with Crippen molar-refractivity contribution in [3.63, 3.8) is 0 Å². The fourth-order valence-electron chi connectivity index (χ4n) is 1.59. The number of rotatable bonds is 8. The van der Waals surface area contributed by atoms with Crippen molar-refractivity contribution in [3.05, 3.63) is 0 Å². The second-order valence-corrected chi connectivity index (χ2v) is 4.16. The Balaban J connectivity index is 3.94. The van der Waals surface area contributed by atoms with Gasteiger partial charge in [0.25, 0.3) is 0 Å². The molecule has 0 aliphatic rings. The summed E-state index contributed by atoms with van der Waals surface area (Å²) in [7, 11) is 2.17. The molecule has 0 aromatic carbocycles. The number of nitrogens with two attached hydrogens (primary N) is 1. The Morgan fingerprint density at radius 2 is 1.93 bits per heavy atom. The lowest BCUT2D eigenvalue weighted by molar-refractivity contribution is 0.186. The average molecular weight is 201 g/mol. The summed E-state index contributed by atoms with van der Waals surface area (Å²) in [6, 6.07) is 0.267. The van der Waals surface area contributed by atoms with Crippen LogP contribution in [0.2, 0.25) is 0 Å². The standard InChI is InChI=1S/C11H27N3/c1-5-7-13-11(9-10(3)12)14(4)8-6-2/h10-11,13H,5-9,12H2,1-4H3. The summed E-state index contributed by atoms with van der Waals surface area (Å²) in [5.41, 5.74) is 5.83. The minimum Gasteiger partial charge on any atom is -0.328 e. The first-order valence-corrected chi connectivity index (χ1v) is 5.81. The van der Waals surface area contributed by atoms with Crippen molar-refractivity contribution in [1.82, 2.24) is 10.2 Å². The van der Waals surface area contributed by atoms with Crippen molar-refractivity contribution in [2.45, 2.75) is 52.2 Å². The first-order valence-electron chi connectivity index (χ1n) is 5.81. The molecule has 0 aromatic rings. The van der Waals surface area contributed by atoms with Crippen LogP contribution < -0.4 is 11.1 Å². The zero-order valence-electron chi connectivity index (χ0n) is 10.2. The third-order valence-corrected chi connectivity index (χ3v) is 2.33. The third kappa shape index (κ3) is 6.35. The summed E-state index contributed by atoms with van der Waals surface area (Å²) in [6.07, 6.45) is 3.83. The van der Waals surface area contributed by atoms with Crippen LogP contribution in [0.3, 0.4) is 0 Å². The van der Waals surface area contributed by atoms with Gasteiger partial charge in [-0.2, -0.15) is 0 Å². The minimum absolute atomic E-state index is 0.267. The Labute approximate surface area is 89.0 Å². The highest BCUT2D eigenvalue weighted by atomic mass is 15.2. The minimum atomic E-state index is 0.267. The highest BCUT2D eigenvalue weighted by Gasteiger charge is 2.14. The molecule has 2 atom stereocenters. The van der Waals surface area contributed by atoms with E-state index in [-0.39, 0.29) is 6.04 Å². The molecular weight excluding hydrogens is 174 g/mol. The molecule has 0 aromatic heterocycles. The van der Waals surface area contributed by atoms with Crippen LogP contribution in [0.4, 0.5) is 0 Å². The van der Waals surface area contributed by atoms with Gasteiger partial charge in [0, 0.05) is 6.04 Å². The van der Waals surface area contributed by atoms with Gasteiger partial charge in [0.2, 0.25) is 0 Å². The van der Waals surface area contributed by atoms with E-state index in [1.165, 1.54) is 12.8 Å². The van der Waals surface area contributed by atoms with Gasteiger partial charge < -0.3 is 11.1 Å². The first-order chi connectivity index (χ1) is 6.61. The fourth-order valence-corrected chi connectivity index (χ4v) is 1.59. The zero-order chi connectivity index (χ0) is 11.0. The quantitative estimate of drug-likeness (QED) is 0.583. The largest absolute Gasteiger partial charge is 0.328 e. The maximum Gasteiger partial charge on any atom is 0.0609 e. The van der Waals surface area contributed by atoms with Gasteiger partial charge in [0.05, 0.1) is 6.17 Å². The lowest BCUT2D eigenvalue weighted by atomic mass is 10.2. The van der Waals surface area contributed by atoms with Gasteiger partial charge in [0.15, 0.2) is 0 Å². The molecule has 0 heterocycles. The average Bonchev–Trinajstić information content (AvgIpc) is 2.12. The molecule has 86 valence electrons. The lowest BCUT2D eigenvalue weighted by Gasteiger charge is -2.30. The maximum atomic E-state index is 5.83. The van der Waals surface area contributed by atoms with Crippen molar-refractivity contribution in [1.29, 1.82) is 0 Å². The molecule has 0 rings (SSSR count).